The van der Waals surface area contributed by atoms with E-state index in [4.69, 9.17) is 15.0 Å². The van der Waals surface area contributed by atoms with E-state index < -0.39 is 0 Å². The molecule has 0 N–H and O–H groups in total. The molecule has 0 bridgehead atoms. The fourth-order valence-corrected chi connectivity index (χ4v) is 9.62. The van der Waals surface area contributed by atoms with Crippen LogP contribution < -0.4 is 0 Å². The second-order valence-electron chi connectivity index (χ2n) is 15.6. The molecular weight excluding hydrogens is 745 g/mol. The van der Waals surface area contributed by atoms with Crippen LogP contribution in [0.1, 0.15) is 0 Å². The lowest BCUT2D eigenvalue weighted by molar-refractivity contribution is 0.953. The third-order valence-corrected chi connectivity index (χ3v) is 12.2. The van der Waals surface area contributed by atoms with E-state index in [-0.39, 0.29) is 0 Å². The van der Waals surface area contributed by atoms with Crippen LogP contribution in [0.2, 0.25) is 0 Å². The summed E-state index contributed by atoms with van der Waals surface area (Å²) in [6.07, 6.45) is 0. The van der Waals surface area contributed by atoms with Crippen molar-refractivity contribution in [1.29, 1.82) is 0 Å². The van der Waals surface area contributed by atoms with Crippen molar-refractivity contribution in [3.05, 3.63) is 206 Å². The molecule has 6 nitrogen and oxygen atoms in total. The Bertz CT molecular complexity index is 3760. The summed E-state index contributed by atoms with van der Waals surface area (Å²) in [7, 11) is 0. The number of hydrogen-bond donors (Lipinski definition) is 0. The molecule has 0 unspecified atom stereocenters. The van der Waals surface area contributed by atoms with Crippen molar-refractivity contribution >= 4 is 76.2 Å². The zero-order valence-corrected chi connectivity index (χ0v) is 32.8. The molecule has 6 heteroatoms. The summed E-state index contributed by atoms with van der Waals surface area (Å²) in [5.74, 6) is 1.78. The van der Waals surface area contributed by atoms with Crippen molar-refractivity contribution in [3.8, 4) is 40.1 Å². The fraction of sp³-hybridized carbons (Fsp3) is 0. The molecule has 13 rings (SSSR count). The molecule has 4 aromatic heterocycles. The first kappa shape index (κ1) is 33.6. The van der Waals surface area contributed by atoms with E-state index in [2.05, 4.69) is 184 Å². The fourth-order valence-electron chi connectivity index (χ4n) is 9.62. The Kier molecular flexibility index (Phi) is 7.21. The molecule has 0 radical (unpaired) electrons. The van der Waals surface area contributed by atoms with Crippen LogP contribution in [0.5, 0.6) is 0 Å². The quantitative estimate of drug-likeness (QED) is 0.175. The van der Waals surface area contributed by atoms with Crippen LogP contribution in [0.3, 0.4) is 0 Å². The SMILES string of the molecule is c1ccc(-c2nc(-c3ccccc3)nc(-n3c4ccccc4c4cc(-n5c6ccccc6c6ccccc65)c5c6ccccc6n(-c6ccc7ccccc7c6)c5c43)n2)cc1. The first-order chi connectivity index (χ1) is 30.3. The predicted octanol–water partition coefficient (Wildman–Crippen LogP) is 13.7. The molecule has 0 aliphatic rings. The molecule has 0 saturated heterocycles. The van der Waals surface area contributed by atoms with Gasteiger partial charge in [0.15, 0.2) is 11.6 Å². The summed E-state index contributed by atoms with van der Waals surface area (Å²) in [4.78, 5) is 15.8. The van der Waals surface area contributed by atoms with Crippen molar-refractivity contribution in [3.63, 3.8) is 0 Å². The summed E-state index contributed by atoms with van der Waals surface area (Å²) >= 11 is 0. The first-order valence-electron chi connectivity index (χ1n) is 20.6. The lowest BCUT2D eigenvalue weighted by Gasteiger charge is -2.16. The van der Waals surface area contributed by atoms with E-state index in [0.717, 1.165) is 77.1 Å². The highest BCUT2D eigenvalue weighted by Gasteiger charge is 2.27. The third kappa shape index (κ3) is 5.00. The van der Waals surface area contributed by atoms with Crippen LogP contribution in [-0.2, 0) is 0 Å². The van der Waals surface area contributed by atoms with Crippen LogP contribution in [0.4, 0.5) is 0 Å². The normalized spacial score (nSPS) is 11.9. The number of benzene rings is 9. The van der Waals surface area contributed by atoms with Gasteiger partial charge in [0, 0.05) is 49.1 Å². The summed E-state index contributed by atoms with van der Waals surface area (Å²) < 4.78 is 7.21. The minimum absolute atomic E-state index is 0.556. The molecule has 0 aliphatic heterocycles. The first-order valence-corrected chi connectivity index (χ1v) is 20.6. The number of rotatable bonds is 5. The second-order valence-corrected chi connectivity index (χ2v) is 15.6. The summed E-state index contributed by atoms with van der Waals surface area (Å²) in [5.41, 5.74) is 10.6. The zero-order valence-electron chi connectivity index (χ0n) is 32.8. The van der Waals surface area contributed by atoms with Crippen molar-refractivity contribution in [2.24, 2.45) is 0 Å². The molecule has 61 heavy (non-hydrogen) atoms. The van der Waals surface area contributed by atoms with Crippen LogP contribution >= 0.6 is 0 Å². The molecule has 0 atom stereocenters. The van der Waals surface area contributed by atoms with Crippen LogP contribution in [0.15, 0.2) is 206 Å². The van der Waals surface area contributed by atoms with Crippen LogP contribution in [0, 0.1) is 0 Å². The maximum Gasteiger partial charge on any atom is 0.238 e. The molecule has 0 saturated carbocycles. The van der Waals surface area contributed by atoms with Gasteiger partial charge < -0.3 is 9.13 Å². The standard InChI is InChI=1S/C55H34N6/c1-3-18-36(19-4-1)53-56-54(37-20-5-2-6-21-37)58-55(57-53)61-47-29-15-11-25-42(47)44-34-49(60-45-27-13-9-23-40(45)41-24-10-14-28-46(41)60)50-43-26-12-16-30-48(43)59(52(50)51(44)61)39-32-31-35-17-7-8-22-38(35)33-39/h1-34H. The van der Waals surface area contributed by atoms with E-state index in [1.165, 1.54) is 21.5 Å². The molecule has 0 amide bonds. The molecule has 0 fully saturated rings. The molecular formula is C55H34N6. The zero-order chi connectivity index (χ0) is 40.0. The maximum absolute atomic E-state index is 5.36. The second kappa shape index (κ2) is 13.1. The summed E-state index contributed by atoms with van der Waals surface area (Å²) in [6, 6.07) is 73.3. The third-order valence-electron chi connectivity index (χ3n) is 12.2. The minimum atomic E-state index is 0.556. The molecule has 13 aromatic rings. The Morgan fingerprint density at radius 3 is 1.39 bits per heavy atom. The molecule has 0 spiro atoms. The minimum Gasteiger partial charge on any atom is -0.309 e. The Morgan fingerprint density at radius 2 is 0.787 bits per heavy atom. The molecule has 0 aliphatic carbocycles. The van der Waals surface area contributed by atoms with Crippen molar-refractivity contribution in [2.75, 3.05) is 0 Å². The molecule has 9 aromatic carbocycles. The van der Waals surface area contributed by atoms with Gasteiger partial charge >= 0.3 is 0 Å². The number of aromatic nitrogens is 6. The summed E-state index contributed by atoms with van der Waals surface area (Å²) in [5, 5.41) is 9.34. The highest BCUT2D eigenvalue weighted by Crippen LogP contribution is 2.46. The summed E-state index contributed by atoms with van der Waals surface area (Å²) in [6.45, 7) is 0. The Balaban J connectivity index is 1.27. The van der Waals surface area contributed by atoms with Crippen molar-refractivity contribution in [2.45, 2.75) is 0 Å². The van der Waals surface area contributed by atoms with Gasteiger partial charge in [0.2, 0.25) is 5.95 Å². The predicted molar refractivity (Wildman–Crippen MR) is 251 cm³/mol. The largest absolute Gasteiger partial charge is 0.309 e. The van der Waals surface area contributed by atoms with Gasteiger partial charge in [-0.1, -0.05) is 164 Å². The Hall–Kier alpha value is -8.35. The van der Waals surface area contributed by atoms with E-state index >= 15 is 0 Å². The average Bonchev–Trinajstić information content (AvgIpc) is 3.98. The Morgan fingerprint density at radius 1 is 0.311 bits per heavy atom. The van der Waals surface area contributed by atoms with Gasteiger partial charge in [-0.25, -0.2) is 4.98 Å². The van der Waals surface area contributed by atoms with E-state index in [9.17, 15) is 0 Å². The number of fused-ring (bicyclic) bond motifs is 11. The van der Waals surface area contributed by atoms with E-state index in [0.29, 0.717) is 17.6 Å². The highest BCUT2D eigenvalue weighted by atomic mass is 15.2. The van der Waals surface area contributed by atoms with Gasteiger partial charge in [-0.3, -0.25) is 4.57 Å². The average molecular weight is 779 g/mol. The number of hydrogen-bond acceptors (Lipinski definition) is 3. The van der Waals surface area contributed by atoms with Gasteiger partial charge in [-0.15, -0.1) is 0 Å². The lowest BCUT2D eigenvalue weighted by atomic mass is 10.1. The van der Waals surface area contributed by atoms with Crippen molar-refractivity contribution in [1.82, 2.24) is 28.7 Å². The number of nitrogens with zero attached hydrogens (tertiary/aromatic N) is 6. The lowest BCUT2D eigenvalue weighted by Crippen LogP contribution is -2.07. The van der Waals surface area contributed by atoms with Crippen LogP contribution in [-0.4, -0.2) is 28.7 Å². The molecule has 284 valence electrons. The van der Waals surface area contributed by atoms with E-state index in [1.807, 2.05) is 36.4 Å². The van der Waals surface area contributed by atoms with Crippen molar-refractivity contribution < 1.29 is 0 Å². The topological polar surface area (TPSA) is 53.5 Å². The van der Waals surface area contributed by atoms with Gasteiger partial charge in [0.1, 0.15) is 0 Å². The maximum atomic E-state index is 5.36. The van der Waals surface area contributed by atoms with Gasteiger partial charge in [0.05, 0.1) is 38.8 Å². The van der Waals surface area contributed by atoms with Gasteiger partial charge in [0.25, 0.3) is 0 Å². The monoisotopic (exact) mass is 778 g/mol. The van der Waals surface area contributed by atoms with Gasteiger partial charge in [-0.2, -0.15) is 9.97 Å². The van der Waals surface area contributed by atoms with E-state index in [1.54, 1.807) is 0 Å². The van der Waals surface area contributed by atoms with Gasteiger partial charge in [-0.05, 0) is 53.2 Å². The smallest absolute Gasteiger partial charge is 0.238 e. The number of para-hydroxylation sites is 4. The van der Waals surface area contributed by atoms with Crippen LogP contribution in [0.25, 0.3) is 116 Å². The Labute approximate surface area is 349 Å². The molecule has 4 heterocycles. The highest BCUT2D eigenvalue weighted by molar-refractivity contribution is 6.27.